The van der Waals surface area contributed by atoms with Crippen molar-refractivity contribution in [2.45, 2.75) is 32.4 Å². The van der Waals surface area contributed by atoms with Crippen molar-refractivity contribution in [2.75, 3.05) is 7.05 Å². The zero-order valence-corrected chi connectivity index (χ0v) is 11.5. The molecule has 1 aromatic rings. The maximum Gasteiger partial charge on any atom is 0.124 e. The van der Waals surface area contributed by atoms with E-state index in [2.05, 4.69) is 47.2 Å². The predicted molar refractivity (Wildman–Crippen MR) is 69.8 cm³/mol. The van der Waals surface area contributed by atoms with Gasteiger partial charge in [-0.3, -0.25) is 0 Å². The number of rotatable bonds is 2. The number of hydrogen-bond acceptors (Lipinski definition) is 2. The molecular weight excluding hydrogens is 266 g/mol. The Morgan fingerprint density at radius 1 is 1.44 bits per heavy atom. The van der Waals surface area contributed by atoms with Crippen LogP contribution in [0, 0.1) is 5.92 Å². The van der Waals surface area contributed by atoms with Crippen LogP contribution in [0.25, 0.3) is 0 Å². The molecule has 2 rings (SSSR count). The fourth-order valence-corrected chi connectivity index (χ4v) is 2.53. The summed E-state index contributed by atoms with van der Waals surface area (Å²) >= 11 is 3.51. The Hall–Kier alpha value is -0.540. The number of halogens is 1. The molecule has 2 unspecified atom stereocenters. The largest absolute Gasteiger partial charge is 0.490 e. The van der Waals surface area contributed by atoms with Gasteiger partial charge >= 0.3 is 0 Å². The van der Waals surface area contributed by atoms with Crippen molar-refractivity contribution in [2.24, 2.45) is 5.92 Å². The third kappa shape index (κ3) is 2.25. The lowest BCUT2D eigenvalue weighted by atomic mass is 9.91. The third-order valence-electron chi connectivity index (χ3n) is 3.19. The van der Waals surface area contributed by atoms with Crippen molar-refractivity contribution in [1.29, 1.82) is 0 Å². The Kier molecular flexibility index (Phi) is 3.55. The van der Waals surface area contributed by atoms with Gasteiger partial charge in [0.1, 0.15) is 11.9 Å². The van der Waals surface area contributed by atoms with Gasteiger partial charge in [0.2, 0.25) is 0 Å². The molecule has 0 spiro atoms. The average Bonchev–Trinajstić information content (AvgIpc) is 2.27. The number of benzene rings is 1. The van der Waals surface area contributed by atoms with E-state index in [-0.39, 0.29) is 0 Å². The quantitative estimate of drug-likeness (QED) is 0.897. The Labute approximate surface area is 106 Å². The normalized spacial score (nSPS) is 24.1. The van der Waals surface area contributed by atoms with Crippen LogP contribution in [0.5, 0.6) is 5.75 Å². The van der Waals surface area contributed by atoms with Crippen LogP contribution in [0.2, 0.25) is 0 Å². The molecule has 1 aliphatic rings. The lowest BCUT2D eigenvalue weighted by Gasteiger charge is -2.34. The van der Waals surface area contributed by atoms with Crippen molar-refractivity contribution < 1.29 is 4.74 Å². The minimum atomic E-state index is 0.311. The molecule has 1 N–H and O–H groups in total. The first kappa shape index (κ1) is 11.9. The van der Waals surface area contributed by atoms with Crippen LogP contribution >= 0.6 is 15.9 Å². The summed E-state index contributed by atoms with van der Waals surface area (Å²) in [5.74, 6) is 1.57. The van der Waals surface area contributed by atoms with E-state index in [0.29, 0.717) is 18.1 Å². The van der Waals surface area contributed by atoms with Crippen LogP contribution in [0.4, 0.5) is 0 Å². The topological polar surface area (TPSA) is 21.3 Å². The predicted octanol–water partition coefficient (Wildman–Crippen LogP) is 3.52. The van der Waals surface area contributed by atoms with E-state index in [1.54, 1.807) is 0 Å². The van der Waals surface area contributed by atoms with Gasteiger partial charge in [0.05, 0.1) is 0 Å². The maximum absolute atomic E-state index is 6.02. The molecule has 1 heterocycles. The zero-order valence-electron chi connectivity index (χ0n) is 9.96. The van der Waals surface area contributed by atoms with Crippen LogP contribution in [0.1, 0.15) is 31.9 Å². The smallest absolute Gasteiger partial charge is 0.124 e. The highest BCUT2D eigenvalue weighted by Gasteiger charge is 2.29. The molecule has 2 atom stereocenters. The Morgan fingerprint density at radius 2 is 2.19 bits per heavy atom. The molecule has 0 radical (unpaired) electrons. The molecule has 0 fully saturated rings. The summed E-state index contributed by atoms with van der Waals surface area (Å²) in [7, 11) is 2.01. The summed E-state index contributed by atoms with van der Waals surface area (Å²) in [4.78, 5) is 0. The molecule has 0 saturated heterocycles. The molecule has 0 aliphatic carbocycles. The summed E-state index contributed by atoms with van der Waals surface area (Å²) in [6, 6.07) is 6.63. The second kappa shape index (κ2) is 4.76. The van der Waals surface area contributed by atoms with Crippen molar-refractivity contribution in [3.63, 3.8) is 0 Å². The van der Waals surface area contributed by atoms with Crippen molar-refractivity contribution in [1.82, 2.24) is 5.32 Å². The van der Waals surface area contributed by atoms with Crippen LogP contribution in [-0.2, 0) is 0 Å². The van der Waals surface area contributed by atoms with Gasteiger partial charge in [0.25, 0.3) is 0 Å². The molecule has 0 aromatic heterocycles. The van der Waals surface area contributed by atoms with Gasteiger partial charge in [-0.1, -0.05) is 29.8 Å². The van der Waals surface area contributed by atoms with Gasteiger partial charge in [-0.25, -0.2) is 0 Å². The highest BCUT2D eigenvalue weighted by Crippen LogP contribution is 2.37. The monoisotopic (exact) mass is 283 g/mol. The van der Waals surface area contributed by atoms with E-state index in [4.69, 9.17) is 4.74 Å². The van der Waals surface area contributed by atoms with Crippen LogP contribution < -0.4 is 10.1 Å². The van der Waals surface area contributed by atoms with E-state index in [9.17, 15) is 0 Å². The fourth-order valence-electron chi connectivity index (χ4n) is 2.15. The van der Waals surface area contributed by atoms with E-state index in [1.165, 1.54) is 5.56 Å². The van der Waals surface area contributed by atoms with E-state index < -0.39 is 0 Å². The maximum atomic E-state index is 6.02. The van der Waals surface area contributed by atoms with Crippen molar-refractivity contribution in [3.05, 3.63) is 28.2 Å². The molecule has 0 bridgehead atoms. The summed E-state index contributed by atoms with van der Waals surface area (Å²) in [5, 5.41) is 3.37. The molecule has 1 aromatic carbocycles. The summed E-state index contributed by atoms with van der Waals surface area (Å²) in [6.07, 6.45) is 1.35. The molecule has 2 nitrogen and oxygen atoms in total. The van der Waals surface area contributed by atoms with E-state index in [1.807, 2.05) is 13.1 Å². The van der Waals surface area contributed by atoms with Crippen molar-refractivity contribution in [3.8, 4) is 5.75 Å². The van der Waals surface area contributed by atoms with Gasteiger partial charge in [-0.15, -0.1) is 0 Å². The molecule has 3 heteroatoms. The molecule has 1 aliphatic heterocycles. The summed E-state index contributed by atoms with van der Waals surface area (Å²) in [6.45, 7) is 4.42. The Bertz CT molecular complexity index is 378. The van der Waals surface area contributed by atoms with Crippen molar-refractivity contribution >= 4 is 15.9 Å². The number of hydrogen-bond donors (Lipinski definition) is 1. The second-order valence-corrected chi connectivity index (χ2v) is 5.58. The molecule has 16 heavy (non-hydrogen) atoms. The highest BCUT2D eigenvalue weighted by atomic mass is 79.9. The number of fused-ring (bicyclic) bond motifs is 1. The summed E-state index contributed by atoms with van der Waals surface area (Å²) in [5.41, 5.74) is 1.26. The van der Waals surface area contributed by atoms with Gasteiger partial charge < -0.3 is 10.1 Å². The molecular formula is C13H18BrNO. The second-order valence-electron chi connectivity index (χ2n) is 4.66. The SMILES string of the molecule is CNC1CC(C(C)C)Oc2ccc(Br)cc21. The fraction of sp³-hybridized carbons (Fsp3) is 0.538. The Balaban J connectivity index is 2.34. The lowest BCUT2D eigenvalue weighted by molar-refractivity contribution is 0.109. The lowest BCUT2D eigenvalue weighted by Crippen LogP contribution is -2.34. The van der Waals surface area contributed by atoms with Gasteiger partial charge in [-0.05, 0) is 31.2 Å². The van der Waals surface area contributed by atoms with Crippen LogP contribution in [0.3, 0.4) is 0 Å². The average molecular weight is 284 g/mol. The molecule has 0 amide bonds. The van der Waals surface area contributed by atoms with Gasteiger partial charge in [0.15, 0.2) is 0 Å². The Morgan fingerprint density at radius 3 is 2.81 bits per heavy atom. The standard InChI is InChI=1S/C13H18BrNO/c1-8(2)13-7-11(15-3)10-6-9(14)4-5-12(10)16-13/h4-6,8,11,13,15H,7H2,1-3H3. The van der Waals surface area contributed by atoms with Crippen LogP contribution in [0.15, 0.2) is 22.7 Å². The van der Waals surface area contributed by atoms with Gasteiger partial charge in [-0.2, -0.15) is 0 Å². The minimum Gasteiger partial charge on any atom is -0.490 e. The number of ether oxygens (including phenoxy) is 1. The molecule has 0 saturated carbocycles. The van der Waals surface area contributed by atoms with Gasteiger partial charge in [0, 0.05) is 22.5 Å². The van der Waals surface area contributed by atoms with E-state index >= 15 is 0 Å². The first-order valence-electron chi connectivity index (χ1n) is 5.75. The number of nitrogens with one attached hydrogen (secondary N) is 1. The first-order valence-corrected chi connectivity index (χ1v) is 6.54. The summed E-state index contributed by atoms with van der Waals surface area (Å²) < 4.78 is 7.13. The minimum absolute atomic E-state index is 0.311. The van der Waals surface area contributed by atoms with Crippen LogP contribution in [-0.4, -0.2) is 13.2 Å². The zero-order chi connectivity index (χ0) is 11.7. The first-order chi connectivity index (χ1) is 7.61. The molecule has 88 valence electrons. The van der Waals surface area contributed by atoms with E-state index in [0.717, 1.165) is 16.6 Å². The highest BCUT2D eigenvalue weighted by molar-refractivity contribution is 9.10. The third-order valence-corrected chi connectivity index (χ3v) is 3.68.